The van der Waals surface area contributed by atoms with Gasteiger partial charge in [-0.2, -0.15) is 0 Å². The van der Waals surface area contributed by atoms with Crippen LogP contribution in [0.5, 0.6) is 5.75 Å². The van der Waals surface area contributed by atoms with Crippen molar-refractivity contribution in [3.8, 4) is 5.75 Å². The molecule has 0 saturated carbocycles. The van der Waals surface area contributed by atoms with Gasteiger partial charge in [-0.15, -0.1) is 11.3 Å². The number of ketones is 1. The maximum Gasteiger partial charge on any atom is 0.264 e. The van der Waals surface area contributed by atoms with E-state index in [1.54, 1.807) is 5.38 Å². The third kappa shape index (κ3) is 4.39. The highest BCUT2D eigenvalue weighted by Crippen LogP contribution is 2.16. The number of nitrogens with zero attached hydrogens (tertiary/aromatic N) is 1. The summed E-state index contributed by atoms with van der Waals surface area (Å²) < 4.78 is 5.43. The van der Waals surface area contributed by atoms with Crippen LogP contribution < -0.4 is 10.1 Å². The number of amides is 1. The van der Waals surface area contributed by atoms with Crippen molar-refractivity contribution >= 4 is 28.2 Å². The number of rotatable bonds is 6. The summed E-state index contributed by atoms with van der Waals surface area (Å²) in [7, 11) is 0. The molecule has 0 unspecified atom stereocenters. The molecule has 5 nitrogen and oxygen atoms in total. The van der Waals surface area contributed by atoms with E-state index >= 15 is 0 Å². The number of thiazole rings is 1. The number of ether oxygens (including phenoxy) is 1. The highest BCUT2D eigenvalue weighted by molar-refractivity contribution is 7.14. The molecule has 0 aliphatic heterocycles. The molecule has 0 bridgehead atoms. The van der Waals surface area contributed by atoms with Crippen molar-refractivity contribution in [3.63, 3.8) is 0 Å². The molecule has 21 heavy (non-hydrogen) atoms. The quantitative estimate of drug-likeness (QED) is 0.833. The number of hydrogen-bond acceptors (Lipinski definition) is 5. The molecule has 1 aromatic heterocycles. The van der Waals surface area contributed by atoms with Crippen LogP contribution in [-0.4, -0.2) is 23.3 Å². The molecule has 1 aromatic carbocycles. The van der Waals surface area contributed by atoms with E-state index in [4.69, 9.17) is 4.74 Å². The Morgan fingerprint density at radius 1 is 1.38 bits per heavy atom. The lowest BCUT2D eigenvalue weighted by Crippen LogP contribution is -2.20. The Labute approximate surface area is 127 Å². The largest absolute Gasteiger partial charge is 0.484 e. The first-order valence-corrected chi connectivity index (χ1v) is 7.44. The normalized spacial score (nSPS) is 10.2. The second-order valence-corrected chi connectivity index (χ2v) is 5.29. The van der Waals surface area contributed by atoms with Crippen LogP contribution in [0.3, 0.4) is 0 Å². The van der Waals surface area contributed by atoms with E-state index in [0.717, 1.165) is 12.0 Å². The lowest BCUT2D eigenvalue weighted by molar-refractivity contribution is -0.118. The Hall–Kier alpha value is -2.21. The van der Waals surface area contributed by atoms with E-state index in [9.17, 15) is 9.59 Å². The molecule has 1 N–H and O–H groups in total. The summed E-state index contributed by atoms with van der Waals surface area (Å²) in [5.41, 5.74) is 1.51. The molecule has 0 aliphatic rings. The average Bonchev–Trinajstić information content (AvgIpc) is 2.94. The topological polar surface area (TPSA) is 68.3 Å². The van der Waals surface area contributed by atoms with Crippen molar-refractivity contribution in [1.82, 2.24) is 4.98 Å². The van der Waals surface area contributed by atoms with Crippen molar-refractivity contribution in [2.45, 2.75) is 20.3 Å². The Balaban J connectivity index is 1.87. The van der Waals surface area contributed by atoms with Crippen LogP contribution in [0, 0.1) is 0 Å². The average molecular weight is 304 g/mol. The Morgan fingerprint density at radius 3 is 2.86 bits per heavy atom. The number of carbonyl (C=O) groups is 2. The Morgan fingerprint density at radius 2 is 2.19 bits per heavy atom. The fourth-order valence-electron chi connectivity index (χ4n) is 1.65. The summed E-state index contributed by atoms with van der Waals surface area (Å²) in [5, 5.41) is 4.62. The minimum Gasteiger partial charge on any atom is -0.484 e. The maximum atomic E-state index is 11.8. The number of aromatic nitrogens is 1. The van der Waals surface area contributed by atoms with Gasteiger partial charge >= 0.3 is 0 Å². The molecule has 0 atom stereocenters. The zero-order chi connectivity index (χ0) is 15.2. The molecule has 1 heterocycles. The lowest BCUT2D eigenvalue weighted by atomic mass is 10.2. The third-order valence-electron chi connectivity index (χ3n) is 2.79. The van der Waals surface area contributed by atoms with Gasteiger partial charge in [0.05, 0.1) is 0 Å². The maximum absolute atomic E-state index is 11.8. The fourth-order valence-corrected chi connectivity index (χ4v) is 2.42. The number of carbonyl (C=O) groups excluding carboxylic acids is 2. The van der Waals surface area contributed by atoms with Crippen molar-refractivity contribution in [2.24, 2.45) is 0 Å². The van der Waals surface area contributed by atoms with Crippen LogP contribution in [0.25, 0.3) is 0 Å². The summed E-state index contributed by atoms with van der Waals surface area (Å²) in [6.07, 6.45) is 0.913. The van der Waals surface area contributed by atoms with Crippen LogP contribution in [-0.2, 0) is 11.2 Å². The molecule has 0 fully saturated rings. The van der Waals surface area contributed by atoms with Gasteiger partial charge in [0.2, 0.25) is 0 Å². The summed E-state index contributed by atoms with van der Waals surface area (Å²) in [6, 6.07) is 7.62. The van der Waals surface area contributed by atoms with E-state index in [1.807, 2.05) is 24.3 Å². The van der Waals surface area contributed by atoms with Gasteiger partial charge in [0.1, 0.15) is 11.4 Å². The fraction of sp³-hybridized carbons (Fsp3) is 0.267. The molecular formula is C15H16N2O3S. The van der Waals surface area contributed by atoms with Crippen LogP contribution in [0.2, 0.25) is 0 Å². The molecule has 0 radical (unpaired) electrons. The molecule has 2 aromatic rings. The number of aryl methyl sites for hydroxylation is 1. The van der Waals surface area contributed by atoms with Gasteiger partial charge in [0.15, 0.2) is 17.5 Å². The van der Waals surface area contributed by atoms with Crippen molar-refractivity contribution in [3.05, 3.63) is 40.9 Å². The summed E-state index contributed by atoms with van der Waals surface area (Å²) in [5.74, 6) is 0.230. The third-order valence-corrected chi connectivity index (χ3v) is 3.55. The molecule has 6 heteroatoms. The lowest BCUT2D eigenvalue weighted by Gasteiger charge is -2.07. The van der Waals surface area contributed by atoms with E-state index in [-0.39, 0.29) is 18.3 Å². The van der Waals surface area contributed by atoms with Crippen molar-refractivity contribution in [1.29, 1.82) is 0 Å². The molecule has 0 saturated heterocycles. The SMILES string of the molecule is CCc1cccc(OCC(=O)Nc2nc(C(C)=O)cs2)c1. The van der Waals surface area contributed by atoms with Gasteiger partial charge in [-0.3, -0.25) is 14.9 Å². The van der Waals surface area contributed by atoms with Gasteiger partial charge in [-0.05, 0) is 24.1 Å². The standard InChI is InChI=1S/C15H16N2O3S/c1-3-11-5-4-6-12(7-11)20-8-14(19)17-15-16-13(9-21-15)10(2)18/h4-7,9H,3,8H2,1-2H3,(H,16,17,19). The number of nitrogens with one attached hydrogen (secondary N) is 1. The van der Waals surface area contributed by atoms with Gasteiger partial charge in [-0.25, -0.2) is 4.98 Å². The first-order valence-electron chi connectivity index (χ1n) is 6.56. The highest BCUT2D eigenvalue weighted by atomic mass is 32.1. The van der Waals surface area contributed by atoms with Gasteiger partial charge in [0, 0.05) is 12.3 Å². The summed E-state index contributed by atoms with van der Waals surface area (Å²) >= 11 is 1.21. The Bertz CT molecular complexity index is 652. The van der Waals surface area contributed by atoms with Crippen molar-refractivity contribution in [2.75, 3.05) is 11.9 Å². The molecule has 2 rings (SSSR count). The van der Waals surface area contributed by atoms with Gasteiger partial charge in [0.25, 0.3) is 5.91 Å². The zero-order valence-electron chi connectivity index (χ0n) is 11.9. The first-order chi connectivity index (χ1) is 10.1. The van der Waals surface area contributed by atoms with Gasteiger partial charge in [-0.1, -0.05) is 19.1 Å². The summed E-state index contributed by atoms with van der Waals surface area (Å²) in [4.78, 5) is 26.9. The first kappa shape index (κ1) is 15.2. The van der Waals surface area contributed by atoms with E-state index in [2.05, 4.69) is 17.2 Å². The smallest absolute Gasteiger partial charge is 0.264 e. The monoisotopic (exact) mass is 304 g/mol. The number of hydrogen-bond donors (Lipinski definition) is 1. The van der Waals surface area contributed by atoms with E-state index < -0.39 is 0 Å². The predicted molar refractivity (Wildman–Crippen MR) is 82.1 cm³/mol. The number of Topliss-reactive ketones (excluding diaryl/α,β-unsaturated/α-hetero) is 1. The highest BCUT2D eigenvalue weighted by Gasteiger charge is 2.09. The van der Waals surface area contributed by atoms with E-state index in [0.29, 0.717) is 16.6 Å². The number of benzene rings is 1. The molecule has 1 amide bonds. The molecular weight excluding hydrogens is 288 g/mol. The second kappa shape index (κ2) is 6.99. The van der Waals surface area contributed by atoms with Gasteiger partial charge < -0.3 is 4.74 Å². The van der Waals surface area contributed by atoms with Crippen LogP contribution in [0.4, 0.5) is 5.13 Å². The van der Waals surface area contributed by atoms with Crippen LogP contribution in [0.15, 0.2) is 29.6 Å². The van der Waals surface area contributed by atoms with E-state index in [1.165, 1.54) is 18.3 Å². The molecule has 0 aliphatic carbocycles. The molecule has 0 spiro atoms. The van der Waals surface area contributed by atoms with Crippen molar-refractivity contribution < 1.29 is 14.3 Å². The second-order valence-electron chi connectivity index (χ2n) is 4.43. The number of anilines is 1. The van der Waals surface area contributed by atoms with Crippen LogP contribution in [0.1, 0.15) is 29.9 Å². The minimum atomic E-state index is -0.304. The summed E-state index contributed by atoms with van der Waals surface area (Å²) in [6.45, 7) is 3.40. The predicted octanol–water partition coefficient (Wildman–Crippen LogP) is 2.93. The van der Waals surface area contributed by atoms with Crippen LogP contribution >= 0.6 is 11.3 Å². The molecule has 110 valence electrons. The Kier molecular flexibility index (Phi) is 5.05. The minimum absolute atomic E-state index is 0.0951. The zero-order valence-corrected chi connectivity index (χ0v) is 12.7.